The number of aromatic nitrogens is 1. The van der Waals surface area contributed by atoms with Gasteiger partial charge in [0.15, 0.2) is 6.29 Å². The third-order valence-corrected chi connectivity index (χ3v) is 3.63. The topological polar surface area (TPSA) is 85.5 Å². The van der Waals surface area contributed by atoms with Crippen molar-refractivity contribution in [2.45, 2.75) is 52.9 Å². The molecular weight excluding hydrogens is 298 g/mol. The number of unbranched alkanes of at least 4 members (excludes halogenated alkanes) is 2. The Kier molecular flexibility index (Phi) is 8.08. The number of nitrogens with one attached hydrogen (secondary N) is 1. The first-order chi connectivity index (χ1) is 11.0. The molecule has 1 rings (SSSR count). The molecule has 0 saturated carbocycles. The monoisotopic (exact) mass is 323 g/mol. The minimum absolute atomic E-state index is 0.180. The van der Waals surface area contributed by atoms with Crippen molar-refractivity contribution >= 4 is 18.2 Å². The molecular formula is C17H25NO5. The minimum atomic E-state index is -0.440. The molecule has 0 amide bonds. The molecule has 1 heterocycles. The zero-order valence-electron chi connectivity index (χ0n) is 14.1. The van der Waals surface area contributed by atoms with Gasteiger partial charge in [-0.25, -0.2) is 4.79 Å². The smallest absolute Gasteiger partial charge is 0.355 e. The van der Waals surface area contributed by atoms with E-state index in [0.717, 1.165) is 30.4 Å². The van der Waals surface area contributed by atoms with Gasteiger partial charge in [-0.15, -0.1) is 0 Å². The second-order valence-corrected chi connectivity index (χ2v) is 5.22. The highest BCUT2D eigenvalue weighted by Crippen LogP contribution is 2.21. The molecule has 0 aliphatic heterocycles. The normalized spacial score (nSPS) is 10.4. The van der Waals surface area contributed by atoms with Crippen LogP contribution in [0, 0.1) is 6.92 Å². The number of hydrogen-bond donors (Lipinski definition) is 1. The molecule has 0 spiro atoms. The van der Waals surface area contributed by atoms with Gasteiger partial charge in [0.1, 0.15) is 5.69 Å². The van der Waals surface area contributed by atoms with Crippen LogP contribution < -0.4 is 0 Å². The van der Waals surface area contributed by atoms with Crippen LogP contribution in [0.1, 0.15) is 71.6 Å². The van der Waals surface area contributed by atoms with E-state index in [1.165, 1.54) is 0 Å². The van der Waals surface area contributed by atoms with E-state index < -0.39 is 5.97 Å². The number of carbonyl (C=O) groups excluding carboxylic acids is 3. The molecule has 128 valence electrons. The third kappa shape index (κ3) is 5.54. The van der Waals surface area contributed by atoms with Crippen molar-refractivity contribution in [3.05, 3.63) is 22.5 Å². The Morgan fingerprint density at radius 3 is 2.39 bits per heavy atom. The van der Waals surface area contributed by atoms with Crippen molar-refractivity contribution in [3.8, 4) is 0 Å². The summed E-state index contributed by atoms with van der Waals surface area (Å²) in [5.41, 5.74) is 2.38. The summed E-state index contributed by atoms with van der Waals surface area (Å²) in [5, 5.41) is 0. The Labute approximate surface area is 136 Å². The van der Waals surface area contributed by atoms with Crippen LogP contribution in [-0.2, 0) is 20.7 Å². The molecule has 0 aliphatic carbocycles. The number of H-pyrrole nitrogens is 1. The third-order valence-electron chi connectivity index (χ3n) is 3.63. The average Bonchev–Trinajstić information content (AvgIpc) is 2.84. The molecule has 0 saturated heterocycles. The van der Waals surface area contributed by atoms with Crippen LogP contribution in [-0.4, -0.2) is 36.4 Å². The molecule has 1 aromatic rings. The summed E-state index contributed by atoms with van der Waals surface area (Å²) in [7, 11) is 0. The largest absolute Gasteiger partial charge is 0.466 e. The zero-order valence-corrected chi connectivity index (χ0v) is 14.1. The number of aldehydes is 1. The first-order valence-electron chi connectivity index (χ1n) is 8.04. The second-order valence-electron chi connectivity index (χ2n) is 5.22. The van der Waals surface area contributed by atoms with Gasteiger partial charge in [-0.05, 0) is 51.2 Å². The Balaban J connectivity index is 2.61. The Morgan fingerprint density at radius 1 is 1.09 bits per heavy atom. The van der Waals surface area contributed by atoms with Crippen LogP contribution >= 0.6 is 0 Å². The maximum absolute atomic E-state index is 12.0. The molecule has 0 radical (unpaired) electrons. The van der Waals surface area contributed by atoms with E-state index >= 15 is 0 Å². The molecule has 6 heteroatoms. The van der Waals surface area contributed by atoms with Crippen LogP contribution in [0.2, 0.25) is 0 Å². The fourth-order valence-corrected chi connectivity index (χ4v) is 2.44. The SMILES string of the molecule is CCOC(=O)CCCCCc1c(C(=O)OCC)[nH]c(C=O)c1C. The summed E-state index contributed by atoms with van der Waals surface area (Å²) < 4.78 is 9.90. The highest BCUT2D eigenvalue weighted by molar-refractivity contribution is 5.92. The van der Waals surface area contributed by atoms with E-state index in [-0.39, 0.29) is 12.6 Å². The molecule has 23 heavy (non-hydrogen) atoms. The van der Waals surface area contributed by atoms with Crippen LogP contribution in [0.3, 0.4) is 0 Å². The average molecular weight is 323 g/mol. The summed E-state index contributed by atoms with van der Waals surface area (Å²) in [5.74, 6) is -0.619. The van der Waals surface area contributed by atoms with Gasteiger partial charge in [-0.3, -0.25) is 9.59 Å². The summed E-state index contributed by atoms with van der Waals surface area (Å²) in [4.78, 5) is 37.1. The van der Waals surface area contributed by atoms with Crippen molar-refractivity contribution in [1.29, 1.82) is 0 Å². The first kappa shape index (κ1) is 18.9. The van der Waals surface area contributed by atoms with Gasteiger partial charge in [0, 0.05) is 6.42 Å². The highest BCUT2D eigenvalue weighted by Gasteiger charge is 2.20. The lowest BCUT2D eigenvalue weighted by Gasteiger charge is -2.06. The van der Waals surface area contributed by atoms with Crippen LogP contribution in [0.25, 0.3) is 0 Å². The number of esters is 2. The number of hydrogen-bond acceptors (Lipinski definition) is 5. The fraction of sp³-hybridized carbons (Fsp3) is 0.588. The number of carbonyl (C=O) groups is 3. The van der Waals surface area contributed by atoms with Gasteiger partial charge in [-0.2, -0.15) is 0 Å². The number of ether oxygens (including phenoxy) is 2. The lowest BCUT2D eigenvalue weighted by atomic mass is 10.0. The predicted octanol–water partition coefficient (Wildman–Crippen LogP) is 2.98. The van der Waals surface area contributed by atoms with Gasteiger partial charge >= 0.3 is 11.9 Å². The number of rotatable bonds is 10. The summed E-state index contributed by atoms with van der Waals surface area (Å²) >= 11 is 0. The van der Waals surface area contributed by atoms with Gasteiger partial charge in [0.2, 0.25) is 0 Å². The molecule has 0 aromatic carbocycles. The summed E-state index contributed by atoms with van der Waals surface area (Å²) in [6, 6.07) is 0. The Hall–Kier alpha value is -2.11. The maximum Gasteiger partial charge on any atom is 0.355 e. The van der Waals surface area contributed by atoms with Crippen LogP contribution in [0.15, 0.2) is 0 Å². The van der Waals surface area contributed by atoms with E-state index in [4.69, 9.17) is 9.47 Å². The first-order valence-corrected chi connectivity index (χ1v) is 8.04. The van der Waals surface area contributed by atoms with E-state index in [1.54, 1.807) is 13.8 Å². The molecule has 0 bridgehead atoms. The Morgan fingerprint density at radius 2 is 1.78 bits per heavy atom. The van der Waals surface area contributed by atoms with Crippen molar-refractivity contribution in [2.24, 2.45) is 0 Å². The lowest BCUT2D eigenvalue weighted by Crippen LogP contribution is -2.08. The maximum atomic E-state index is 12.0. The molecule has 0 unspecified atom stereocenters. The summed E-state index contributed by atoms with van der Waals surface area (Å²) in [6.45, 7) is 6.03. The van der Waals surface area contributed by atoms with Gasteiger partial charge < -0.3 is 14.5 Å². The molecule has 1 aromatic heterocycles. The number of aromatic amines is 1. The van der Waals surface area contributed by atoms with Crippen LogP contribution in [0.4, 0.5) is 0 Å². The quantitative estimate of drug-likeness (QED) is 0.406. The molecule has 1 N–H and O–H groups in total. The molecule has 0 fully saturated rings. The second kappa shape index (κ2) is 9.82. The van der Waals surface area contributed by atoms with Crippen molar-refractivity contribution in [2.75, 3.05) is 13.2 Å². The molecule has 6 nitrogen and oxygen atoms in total. The van der Waals surface area contributed by atoms with Crippen molar-refractivity contribution in [3.63, 3.8) is 0 Å². The lowest BCUT2D eigenvalue weighted by molar-refractivity contribution is -0.143. The fourth-order valence-electron chi connectivity index (χ4n) is 2.44. The highest BCUT2D eigenvalue weighted by atomic mass is 16.5. The van der Waals surface area contributed by atoms with Gasteiger partial charge in [0.25, 0.3) is 0 Å². The Bertz CT molecular complexity index is 547. The van der Waals surface area contributed by atoms with E-state index in [1.807, 2.05) is 6.92 Å². The predicted molar refractivity (Wildman–Crippen MR) is 85.7 cm³/mol. The zero-order chi connectivity index (χ0) is 17.2. The molecule has 0 aliphatic rings. The van der Waals surface area contributed by atoms with Crippen molar-refractivity contribution < 1.29 is 23.9 Å². The van der Waals surface area contributed by atoms with E-state index in [0.29, 0.717) is 37.1 Å². The van der Waals surface area contributed by atoms with E-state index in [9.17, 15) is 14.4 Å². The summed E-state index contributed by atoms with van der Waals surface area (Å²) in [6.07, 6.45) is 4.20. The van der Waals surface area contributed by atoms with Crippen molar-refractivity contribution in [1.82, 2.24) is 4.98 Å². The van der Waals surface area contributed by atoms with Gasteiger partial charge in [0.05, 0.1) is 18.9 Å². The minimum Gasteiger partial charge on any atom is -0.466 e. The van der Waals surface area contributed by atoms with Crippen LogP contribution in [0.5, 0.6) is 0 Å². The van der Waals surface area contributed by atoms with Gasteiger partial charge in [-0.1, -0.05) is 6.42 Å². The van der Waals surface area contributed by atoms with E-state index in [2.05, 4.69) is 4.98 Å². The standard InChI is InChI=1S/C17H25NO5/c1-4-22-15(20)10-8-6-7-9-13-12(3)14(11-19)18-16(13)17(21)23-5-2/h11,18H,4-10H2,1-3H3. The molecule has 0 atom stereocenters.